The van der Waals surface area contributed by atoms with Crippen molar-refractivity contribution in [2.45, 2.75) is 20.4 Å². The van der Waals surface area contributed by atoms with E-state index in [1.54, 1.807) is 7.11 Å². The number of ether oxygens (including phenoxy) is 1. The monoisotopic (exact) mass is 322 g/mol. The Bertz CT molecular complexity index is 909. The van der Waals surface area contributed by atoms with E-state index in [0.29, 0.717) is 12.1 Å². The average molecular weight is 322 g/mol. The predicted octanol–water partition coefficient (Wildman–Crippen LogP) is 3.73. The Morgan fingerprint density at radius 1 is 1.17 bits per heavy atom. The van der Waals surface area contributed by atoms with Crippen molar-refractivity contribution < 1.29 is 9.53 Å². The molecule has 4 nitrogen and oxygen atoms in total. The summed E-state index contributed by atoms with van der Waals surface area (Å²) in [5.74, 6) is 0.700. The zero-order valence-corrected chi connectivity index (χ0v) is 14.5. The summed E-state index contributed by atoms with van der Waals surface area (Å²) >= 11 is 0. The van der Waals surface area contributed by atoms with E-state index in [4.69, 9.17) is 4.74 Å². The topological polar surface area (TPSA) is 43.3 Å². The van der Waals surface area contributed by atoms with E-state index in [1.807, 2.05) is 49.5 Å². The van der Waals surface area contributed by atoms with E-state index < -0.39 is 0 Å². The molecule has 0 aliphatic rings. The molecule has 1 amide bonds. The van der Waals surface area contributed by atoms with Gasteiger partial charge < -0.3 is 14.6 Å². The molecule has 1 aromatic heterocycles. The molecule has 0 bridgehead atoms. The van der Waals surface area contributed by atoms with Crippen molar-refractivity contribution in [2.24, 2.45) is 7.05 Å². The van der Waals surface area contributed by atoms with Gasteiger partial charge in [-0.2, -0.15) is 0 Å². The number of hydrogen-bond acceptors (Lipinski definition) is 2. The van der Waals surface area contributed by atoms with Gasteiger partial charge in [-0.1, -0.05) is 18.2 Å². The molecule has 24 heavy (non-hydrogen) atoms. The predicted molar refractivity (Wildman–Crippen MR) is 96.6 cm³/mol. The Labute approximate surface area is 142 Å². The third kappa shape index (κ3) is 2.75. The van der Waals surface area contributed by atoms with Gasteiger partial charge >= 0.3 is 0 Å². The number of nitrogens with one attached hydrogen (secondary N) is 1. The lowest BCUT2D eigenvalue weighted by atomic mass is 10.1. The van der Waals surface area contributed by atoms with Crippen molar-refractivity contribution in [3.63, 3.8) is 0 Å². The number of hydrogen-bond donors (Lipinski definition) is 1. The molecule has 0 fully saturated rings. The summed E-state index contributed by atoms with van der Waals surface area (Å²) < 4.78 is 7.47. The van der Waals surface area contributed by atoms with Crippen molar-refractivity contribution in [2.75, 3.05) is 7.11 Å². The first kappa shape index (κ1) is 16.1. The number of nitrogens with zero attached hydrogens (tertiary/aromatic N) is 1. The molecule has 1 N–H and O–H groups in total. The molecule has 0 unspecified atom stereocenters. The molecule has 0 saturated heterocycles. The number of rotatable bonds is 4. The number of carbonyl (C=O) groups excluding carboxylic acids is 1. The van der Waals surface area contributed by atoms with Gasteiger partial charge in [0.15, 0.2) is 0 Å². The summed E-state index contributed by atoms with van der Waals surface area (Å²) in [4.78, 5) is 12.5. The highest BCUT2D eigenvalue weighted by molar-refractivity contribution is 5.99. The third-order valence-electron chi connectivity index (χ3n) is 4.70. The Balaban J connectivity index is 1.83. The normalized spacial score (nSPS) is 10.8. The van der Waals surface area contributed by atoms with Crippen LogP contribution in [0.5, 0.6) is 5.75 Å². The van der Waals surface area contributed by atoms with Gasteiger partial charge in [0.25, 0.3) is 5.91 Å². The zero-order chi connectivity index (χ0) is 17.3. The van der Waals surface area contributed by atoms with Crippen molar-refractivity contribution >= 4 is 16.8 Å². The molecule has 0 atom stereocenters. The largest absolute Gasteiger partial charge is 0.496 e. The number of benzene rings is 2. The van der Waals surface area contributed by atoms with E-state index in [1.165, 1.54) is 11.3 Å². The second-order valence-electron chi connectivity index (χ2n) is 6.00. The summed E-state index contributed by atoms with van der Waals surface area (Å²) in [6.07, 6.45) is 0. The standard InChI is InChI=1S/C20H22N2O2/c1-13-14(2)22(3)18-10-9-15(11-17(13)18)20(23)21-12-16-7-5-6-8-19(16)24-4/h5-11H,12H2,1-4H3,(H,21,23). The molecule has 2 aromatic carbocycles. The highest BCUT2D eigenvalue weighted by Gasteiger charge is 2.12. The molecular formula is C20H22N2O2. The van der Waals surface area contributed by atoms with Crippen LogP contribution in [0.25, 0.3) is 10.9 Å². The van der Waals surface area contributed by atoms with Gasteiger partial charge in [0.1, 0.15) is 5.75 Å². The van der Waals surface area contributed by atoms with Crippen LogP contribution in [-0.4, -0.2) is 17.6 Å². The molecule has 0 aliphatic carbocycles. The Hall–Kier alpha value is -2.75. The van der Waals surface area contributed by atoms with Crippen LogP contribution in [0.4, 0.5) is 0 Å². The zero-order valence-electron chi connectivity index (χ0n) is 14.5. The van der Waals surface area contributed by atoms with E-state index in [2.05, 4.69) is 23.7 Å². The number of aryl methyl sites for hydroxylation is 2. The molecule has 3 rings (SSSR count). The lowest BCUT2D eigenvalue weighted by Crippen LogP contribution is -2.23. The summed E-state index contributed by atoms with van der Waals surface area (Å²) in [6.45, 7) is 4.62. The minimum absolute atomic E-state index is 0.0799. The minimum Gasteiger partial charge on any atom is -0.496 e. The lowest BCUT2D eigenvalue weighted by molar-refractivity contribution is 0.0951. The number of para-hydroxylation sites is 1. The SMILES string of the molecule is COc1ccccc1CNC(=O)c1ccc2c(c1)c(C)c(C)n2C. The van der Waals surface area contributed by atoms with Crippen molar-refractivity contribution in [1.82, 2.24) is 9.88 Å². The summed E-state index contributed by atoms with van der Waals surface area (Å²) in [5, 5.41) is 4.09. The van der Waals surface area contributed by atoms with Crippen LogP contribution in [-0.2, 0) is 13.6 Å². The van der Waals surface area contributed by atoms with Crippen LogP contribution < -0.4 is 10.1 Å². The number of aromatic nitrogens is 1. The van der Waals surface area contributed by atoms with E-state index in [-0.39, 0.29) is 5.91 Å². The van der Waals surface area contributed by atoms with E-state index in [0.717, 1.165) is 22.2 Å². The molecule has 124 valence electrons. The summed E-state index contributed by atoms with van der Waals surface area (Å²) in [7, 11) is 3.68. The van der Waals surface area contributed by atoms with Gasteiger partial charge in [-0.15, -0.1) is 0 Å². The first-order chi connectivity index (χ1) is 11.5. The first-order valence-electron chi connectivity index (χ1n) is 7.98. The van der Waals surface area contributed by atoms with Gasteiger partial charge in [0.2, 0.25) is 0 Å². The highest BCUT2D eigenvalue weighted by atomic mass is 16.5. The molecule has 0 aliphatic heterocycles. The van der Waals surface area contributed by atoms with Gasteiger partial charge in [-0.05, 0) is 43.7 Å². The molecule has 0 saturated carbocycles. The smallest absolute Gasteiger partial charge is 0.251 e. The van der Waals surface area contributed by atoms with Crippen LogP contribution in [0.15, 0.2) is 42.5 Å². The van der Waals surface area contributed by atoms with Crippen LogP contribution in [0.3, 0.4) is 0 Å². The second-order valence-corrected chi connectivity index (χ2v) is 6.00. The summed E-state index contributed by atoms with van der Waals surface area (Å²) in [5.41, 5.74) is 5.21. The van der Waals surface area contributed by atoms with Gasteiger partial charge in [0.05, 0.1) is 7.11 Å². The average Bonchev–Trinajstić information content (AvgIpc) is 2.84. The van der Waals surface area contributed by atoms with E-state index >= 15 is 0 Å². The van der Waals surface area contributed by atoms with Crippen LogP contribution in [0.1, 0.15) is 27.2 Å². The first-order valence-corrected chi connectivity index (χ1v) is 7.98. The minimum atomic E-state index is -0.0799. The maximum Gasteiger partial charge on any atom is 0.251 e. The Morgan fingerprint density at radius 3 is 2.67 bits per heavy atom. The van der Waals surface area contributed by atoms with Gasteiger partial charge in [0, 0.05) is 41.3 Å². The molecular weight excluding hydrogens is 300 g/mol. The van der Waals surface area contributed by atoms with Crippen molar-refractivity contribution in [3.05, 3.63) is 64.8 Å². The number of carbonyl (C=O) groups is 1. The fourth-order valence-corrected chi connectivity index (χ4v) is 3.02. The number of amides is 1. The second kappa shape index (κ2) is 6.40. The van der Waals surface area contributed by atoms with Gasteiger partial charge in [-0.3, -0.25) is 4.79 Å². The fourth-order valence-electron chi connectivity index (χ4n) is 3.02. The lowest BCUT2D eigenvalue weighted by Gasteiger charge is -2.10. The fraction of sp³-hybridized carbons (Fsp3) is 0.250. The van der Waals surface area contributed by atoms with Crippen LogP contribution >= 0.6 is 0 Å². The quantitative estimate of drug-likeness (QED) is 0.795. The van der Waals surface area contributed by atoms with Crippen LogP contribution in [0, 0.1) is 13.8 Å². The van der Waals surface area contributed by atoms with Gasteiger partial charge in [-0.25, -0.2) is 0 Å². The Kier molecular flexibility index (Phi) is 4.30. The molecule has 0 radical (unpaired) electrons. The van der Waals surface area contributed by atoms with Crippen LogP contribution in [0.2, 0.25) is 0 Å². The number of fused-ring (bicyclic) bond motifs is 1. The Morgan fingerprint density at radius 2 is 1.92 bits per heavy atom. The maximum atomic E-state index is 12.5. The van der Waals surface area contributed by atoms with Crippen molar-refractivity contribution in [1.29, 1.82) is 0 Å². The van der Waals surface area contributed by atoms with E-state index in [9.17, 15) is 4.79 Å². The third-order valence-corrected chi connectivity index (χ3v) is 4.70. The molecule has 1 heterocycles. The molecule has 0 spiro atoms. The highest BCUT2D eigenvalue weighted by Crippen LogP contribution is 2.25. The maximum absolute atomic E-state index is 12.5. The number of methoxy groups -OCH3 is 1. The summed E-state index contributed by atoms with van der Waals surface area (Å²) in [6, 6.07) is 13.5. The molecule has 4 heteroatoms. The molecule has 3 aromatic rings. The van der Waals surface area contributed by atoms with Crippen molar-refractivity contribution in [3.8, 4) is 5.75 Å².